The zero-order valence-corrected chi connectivity index (χ0v) is 12.0. The Bertz CT molecular complexity index is 451. The average Bonchev–Trinajstić information content (AvgIpc) is 2.81. The van der Waals surface area contributed by atoms with E-state index in [4.69, 9.17) is 5.26 Å². The smallest absolute Gasteiger partial charge is 0.226 e. The van der Waals surface area contributed by atoms with Gasteiger partial charge in [-0.2, -0.15) is 5.26 Å². The standard InChI is InChI=1S/C13H19N3O2S/c1-10(17)3-6-16(2)7-4-12(18)15-13-11(9-14)5-8-19-13/h5,8,10,17H,3-4,6-7H2,1-2H3,(H,15,18). The molecule has 0 spiro atoms. The number of nitrogens with one attached hydrogen (secondary N) is 1. The summed E-state index contributed by atoms with van der Waals surface area (Å²) in [5.41, 5.74) is 0.501. The van der Waals surface area contributed by atoms with E-state index in [1.165, 1.54) is 11.3 Å². The second-order valence-corrected chi connectivity index (χ2v) is 5.43. The van der Waals surface area contributed by atoms with Gasteiger partial charge in [0.05, 0.1) is 11.7 Å². The van der Waals surface area contributed by atoms with Crippen LogP contribution in [0.15, 0.2) is 11.4 Å². The maximum atomic E-state index is 11.7. The van der Waals surface area contributed by atoms with E-state index in [0.717, 1.165) is 6.54 Å². The van der Waals surface area contributed by atoms with E-state index < -0.39 is 0 Å². The van der Waals surface area contributed by atoms with Crippen molar-refractivity contribution in [2.24, 2.45) is 0 Å². The van der Waals surface area contributed by atoms with E-state index in [0.29, 0.717) is 30.0 Å². The third kappa shape index (κ3) is 5.83. The first-order valence-corrected chi connectivity index (χ1v) is 7.05. The molecule has 1 atom stereocenters. The van der Waals surface area contributed by atoms with Crippen LogP contribution >= 0.6 is 11.3 Å². The lowest BCUT2D eigenvalue weighted by Gasteiger charge is -2.16. The van der Waals surface area contributed by atoms with Crippen LogP contribution < -0.4 is 5.32 Å². The maximum Gasteiger partial charge on any atom is 0.226 e. The zero-order chi connectivity index (χ0) is 14.3. The Hall–Kier alpha value is -1.42. The first-order valence-electron chi connectivity index (χ1n) is 6.17. The molecule has 0 aromatic carbocycles. The number of amides is 1. The number of thiophene rings is 1. The van der Waals surface area contributed by atoms with Crippen molar-refractivity contribution in [3.63, 3.8) is 0 Å². The number of nitrogens with zero attached hydrogens (tertiary/aromatic N) is 2. The van der Waals surface area contributed by atoms with Gasteiger partial charge in [-0.25, -0.2) is 0 Å². The first-order chi connectivity index (χ1) is 9.02. The molecule has 5 nitrogen and oxygen atoms in total. The molecule has 1 unspecified atom stereocenters. The Labute approximate surface area is 117 Å². The van der Waals surface area contributed by atoms with Crippen LogP contribution in [0.1, 0.15) is 25.3 Å². The van der Waals surface area contributed by atoms with Gasteiger partial charge in [0.1, 0.15) is 11.1 Å². The summed E-state index contributed by atoms with van der Waals surface area (Å²) in [6.07, 6.45) is 0.751. The van der Waals surface area contributed by atoms with Crippen LogP contribution in [-0.4, -0.2) is 42.2 Å². The van der Waals surface area contributed by atoms with Crippen LogP contribution in [0.5, 0.6) is 0 Å². The number of aliphatic hydroxyl groups excluding tert-OH is 1. The van der Waals surface area contributed by atoms with E-state index in [-0.39, 0.29) is 12.0 Å². The molecular formula is C13H19N3O2S. The molecule has 2 N–H and O–H groups in total. The van der Waals surface area contributed by atoms with Crippen molar-refractivity contribution in [2.75, 3.05) is 25.5 Å². The molecule has 0 fully saturated rings. The highest BCUT2D eigenvalue weighted by Gasteiger charge is 2.09. The van der Waals surface area contributed by atoms with Crippen LogP contribution in [0.3, 0.4) is 0 Å². The second kappa shape index (κ2) is 7.89. The number of carbonyl (C=O) groups excluding carboxylic acids is 1. The van der Waals surface area contributed by atoms with Crippen molar-refractivity contribution in [2.45, 2.75) is 25.9 Å². The Kier molecular flexibility index (Phi) is 6.50. The SMILES string of the molecule is CC(O)CCN(C)CCC(=O)Nc1sccc1C#N. The summed E-state index contributed by atoms with van der Waals surface area (Å²) in [7, 11) is 1.92. The van der Waals surface area contributed by atoms with Gasteiger partial charge in [0.15, 0.2) is 0 Å². The topological polar surface area (TPSA) is 76.4 Å². The number of carbonyl (C=O) groups is 1. The van der Waals surface area contributed by atoms with E-state index in [2.05, 4.69) is 5.32 Å². The summed E-state index contributed by atoms with van der Waals surface area (Å²) in [5, 5.41) is 23.1. The van der Waals surface area contributed by atoms with Crippen molar-refractivity contribution < 1.29 is 9.90 Å². The Morgan fingerprint density at radius 3 is 3.00 bits per heavy atom. The number of hydrogen-bond donors (Lipinski definition) is 2. The molecule has 6 heteroatoms. The zero-order valence-electron chi connectivity index (χ0n) is 11.2. The van der Waals surface area contributed by atoms with Crippen molar-refractivity contribution >= 4 is 22.2 Å². The Balaban J connectivity index is 2.30. The van der Waals surface area contributed by atoms with Gasteiger partial charge < -0.3 is 15.3 Å². The van der Waals surface area contributed by atoms with Gasteiger partial charge in [0.25, 0.3) is 0 Å². The fourth-order valence-corrected chi connectivity index (χ4v) is 2.25. The van der Waals surface area contributed by atoms with Crippen molar-refractivity contribution in [1.82, 2.24) is 4.90 Å². The highest BCUT2D eigenvalue weighted by atomic mass is 32.1. The quantitative estimate of drug-likeness (QED) is 0.797. The molecule has 0 radical (unpaired) electrons. The van der Waals surface area contributed by atoms with Gasteiger partial charge in [0, 0.05) is 19.5 Å². The average molecular weight is 281 g/mol. The highest BCUT2D eigenvalue weighted by molar-refractivity contribution is 7.14. The fraction of sp³-hybridized carbons (Fsp3) is 0.538. The minimum absolute atomic E-state index is 0.0946. The maximum absolute atomic E-state index is 11.7. The fourth-order valence-electron chi connectivity index (χ4n) is 1.49. The van der Waals surface area contributed by atoms with Crippen LogP contribution in [-0.2, 0) is 4.79 Å². The molecule has 0 saturated carbocycles. The van der Waals surface area contributed by atoms with Gasteiger partial charge in [-0.1, -0.05) is 0 Å². The van der Waals surface area contributed by atoms with Crippen LogP contribution in [0.25, 0.3) is 0 Å². The number of aliphatic hydroxyl groups is 1. The van der Waals surface area contributed by atoms with E-state index in [9.17, 15) is 9.90 Å². The van der Waals surface area contributed by atoms with E-state index >= 15 is 0 Å². The molecule has 0 aliphatic heterocycles. The van der Waals surface area contributed by atoms with Gasteiger partial charge in [-0.05, 0) is 31.8 Å². The van der Waals surface area contributed by atoms with E-state index in [1.54, 1.807) is 18.4 Å². The molecule has 1 heterocycles. The Morgan fingerprint density at radius 2 is 2.37 bits per heavy atom. The van der Waals surface area contributed by atoms with Gasteiger partial charge in [0.2, 0.25) is 5.91 Å². The number of hydrogen-bond acceptors (Lipinski definition) is 5. The normalized spacial score (nSPS) is 12.2. The minimum Gasteiger partial charge on any atom is -0.393 e. The summed E-state index contributed by atoms with van der Waals surface area (Å²) in [4.78, 5) is 13.7. The molecular weight excluding hydrogens is 262 g/mol. The summed E-state index contributed by atoms with van der Waals surface area (Å²) < 4.78 is 0. The molecule has 1 aromatic heterocycles. The first kappa shape index (κ1) is 15.6. The van der Waals surface area contributed by atoms with Gasteiger partial charge >= 0.3 is 0 Å². The lowest BCUT2D eigenvalue weighted by Crippen LogP contribution is -2.26. The molecule has 1 aromatic rings. The summed E-state index contributed by atoms with van der Waals surface area (Å²) >= 11 is 1.35. The predicted octanol–water partition coefficient (Wildman–Crippen LogP) is 1.65. The monoisotopic (exact) mass is 281 g/mol. The van der Waals surface area contributed by atoms with Crippen LogP contribution in [0.2, 0.25) is 0 Å². The minimum atomic E-state index is -0.319. The number of nitriles is 1. The van der Waals surface area contributed by atoms with E-state index in [1.807, 2.05) is 18.0 Å². The molecule has 1 rings (SSSR count). The summed E-state index contributed by atoms with van der Waals surface area (Å²) in [6.45, 7) is 3.14. The molecule has 1 amide bonds. The number of anilines is 1. The third-order valence-corrected chi connectivity index (χ3v) is 3.52. The lowest BCUT2D eigenvalue weighted by molar-refractivity contribution is -0.116. The van der Waals surface area contributed by atoms with Gasteiger partial charge in [-0.3, -0.25) is 4.79 Å². The van der Waals surface area contributed by atoms with Crippen molar-refractivity contribution in [1.29, 1.82) is 5.26 Å². The Morgan fingerprint density at radius 1 is 1.63 bits per heavy atom. The molecule has 0 saturated heterocycles. The summed E-state index contributed by atoms with van der Waals surface area (Å²) in [6, 6.07) is 3.73. The highest BCUT2D eigenvalue weighted by Crippen LogP contribution is 2.22. The lowest BCUT2D eigenvalue weighted by atomic mass is 10.2. The molecule has 0 bridgehead atoms. The second-order valence-electron chi connectivity index (χ2n) is 4.51. The largest absolute Gasteiger partial charge is 0.393 e. The third-order valence-electron chi connectivity index (χ3n) is 2.69. The molecule has 0 aliphatic rings. The van der Waals surface area contributed by atoms with Crippen molar-refractivity contribution in [3.8, 4) is 6.07 Å². The molecule has 19 heavy (non-hydrogen) atoms. The molecule has 104 valence electrons. The van der Waals surface area contributed by atoms with Crippen LogP contribution in [0, 0.1) is 11.3 Å². The van der Waals surface area contributed by atoms with Gasteiger partial charge in [-0.15, -0.1) is 11.3 Å². The number of rotatable bonds is 7. The molecule has 0 aliphatic carbocycles. The predicted molar refractivity (Wildman–Crippen MR) is 76.1 cm³/mol. The summed E-state index contributed by atoms with van der Waals surface area (Å²) in [5.74, 6) is -0.0946. The van der Waals surface area contributed by atoms with Crippen LogP contribution in [0.4, 0.5) is 5.00 Å². The van der Waals surface area contributed by atoms with Crippen molar-refractivity contribution in [3.05, 3.63) is 17.0 Å².